The van der Waals surface area contributed by atoms with Gasteiger partial charge in [-0.2, -0.15) is 13.2 Å². The molecule has 2 aromatic heterocycles. The fourth-order valence-corrected chi connectivity index (χ4v) is 4.99. The van der Waals surface area contributed by atoms with Crippen molar-refractivity contribution in [3.63, 3.8) is 0 Å². The Morgan fingerprint density at radius 2 is 1.80 bits per heavy atom. The number of carbonyl (C=O) groups is 2. The first-order valence-electron chi connectivity index (χ1n) is 13.4. The Morgan fingerprint density at radius 3 is 2.41 bits per heavy atom. The van der Waals surface area contributed by atoms with E-state index >= 15 is 0 Å². The number of methoxy groups -OCH3 is 1. The van der Waals surface area contributed by atoms with Crippen molar-refractivity contribution in [2.75, 3.05) is 20.3 Å². The van der Waals surface area contributed by atoms with Crippen molar-refractivity contribution < 1.29 is 41.7 Å². The van der Waals surface area contributed by atoms with Gasteiger partial charge in [-0.25, -0.2) is 14.4 Å². The van der Waals surface area contributed by atoms with Crippen LogP contribution in [0.4, 0.5) is 17.6 Å². The van der Waals surface area contributed by atoms with Crippen LogP contribution in [0.1, 0.15) is 39.8 Å². The third-order valence-corrected chi connectivity index (χ3v) is 7.94. The van der Waals surface area contributed by atoms with E-state index in [-0.39, 0.29) is 40.5 Å². The summed E-state index contributed by atoms with van der Waals surface area (Å²) < 4.78 is 68.8. The van der Waals surface area contributed by atoms with Crippen molar-refractivity contribution in [1.29, 1.82) is 0 Å². The lowest BCUT2D eigenvalue weighted by molar-refractivity contribution is -0.265. The highest BCUT2D eigenvalue weighted by molar-refractivity contribution is 6.00. The summed E-state index contributed by atoms with van der Waals surface area (Å²) in [6.45, 7) is 3.38. The van der Waals surface area contributed by atoms with E-state index in [1.807, 2.05) is 6.92 Å². The van der Waals surface area contributed by atoms with Crippen LogP contribution in [0.3, 0.4) is 0 Å². The molecule has 4 aromatic rings. The van der Waals surface area contributed by atoms with Gasteiger partial charge in [0.05, 0.1) is 19.3 Å². The van der Waals surface area contributed by atoms with E-state index in [1.54, 1.807) is 13.0 Å². The number of primary amides is 1. The van der Waals surface area contributed by atoms with Crippen LogP contribution in [0.5, 0.6) is 11.5 Å². The standard InChI is InChI=1S/C31H28F4N4O5/c1-15-9-18-10-19(11-22(43-4)24(18)38-16(15)2)27(40)37-13-30(42,31(33,34)35)23-12-21-26(44-14-29(21,3)28(36)41)25(39-23)17-5-7-20(32)8-6-17/h5-12,42H,13-14H2,1-4H3,(H2,36,41)(H,37,40)/t29-,30?/m0/s1. The van der Waals surface area contributed by atoms with Crippen LogP contribution in [-0.4, -0.2) is 53.3 Å². The molecule has 0 fully saturated rings. The number of benzene rings is 2. The summed E-state index contributed by atoms with van der Waals surface area (Å²) in [5.74, 6) is -2.22. The van der Waals surface area contributed by atoms with Gasteiger partial charge in [-0.05, 0) is 74.9 Å². The molecule has 4 N–H and O–H groups in total. The molecule has 2 atom stereocenters. The Balaban J connectivity index is 1.59. The van der Waals surface area contributed by atoms with Crippen molar-refractivity contribution in [1.82, 2.24) is 15.3 Å². The van der Waals surface area contributed by atoms with Crippen LogP contribution in [0.25, 0.3) is 22.2 Å². The molecule has 0 saturated carbocycles. The van der Waals surface area contributed by atoms with Crippen molar-refractivity contribution >= 4 is 22.7 Å². The highest BCUT2D eigenvalue weighted by Crippen LogP contribution is 2.47. The molecule has 1 unspecified atom stereocenters. The minimum Gasteiger partial charge on any atom is -0.494 e. The number of hydrogen-bond acceptors (Lipinski definition) is 7. The molecule has 0 bridgehead atoms. The largest absolute Gasteiger partial charge is 0.494 e. The van der Waals surface area contributed by atoms with Crippen molar-refractivity contribution in [2.24, 2.45) is 5.73 Å². The van der Waals surface area contributed by atoms with Crippen LogP contribution < -0.4 is 20.5 Å². The minimum absolute atomic E-state index is 0.0300. The number of hydrogen-bond donors (Lipinski definition) is 3. The zero-order valence-electron chi connectivity index (χ0n) is 24.1. The molecule has 5 rings (SSSR count). The molecule has 0 saturated heterocycles. The Bertz CT molecular complexity index is 1810. The first kappa shape index (κ1) is 30.7. The monoisotopic (exact) mass is 612 g/mol. The van der Waals surface area contributed by atoms with Gasteiger partial charge < -0.3 is 25.6 Å². The lowest BCUT2D eigenvalue weighted by atomic mass is 9.81. The normalized spacial score (nSPS) is 17.5. The van der Waals surface area contributed by atoms with E-state index in [0.29, 0.717) is 10.9 Å². The van der Waals surface area contributed by atoms with Gasteiger partial charge in [0.25, 0.3) is 5.91 Å². The summed E-state index contributed by atoms with van der Waals surface area (Å²) in [6, 6.07) is 10.1. The number of nitrogens with zero attached hydrogens (tertiary/aromatic N) is 2. The van der Waals surface area contributed by atoms with Crippen LogP contribution in [0, 0.1) is 19.7 Å². The van der Waals surface area contributed by atoms with Gasteiger partial charge in [0, 0.05) is 27.8 Å². The predicted molar refractivity (Wildman–Crippen MR) is 152 cm³/mol. The average molecular weight is 613 g/mol. The molecular weight excluding hydrogens is 584 g/mol. The SMILES string of the molecule is COc1cc(C(=O)NCC(O)(c2cc3c(c(-c4ccc(F)cc4)n2)OC[C@]3(C)C(N)=O)C(F)(F)F)cc2cc(C)c(C)nc12. The number of rotatable bonds is 7. The molecular formula is C31H28F4N4O5. The number of fused-ring (bicyclic) bond motifs is 2. The molecule has 0 radical (unpaired) electrons. The number of pyridine rings is 2. The van der Waals surface area contributed by atoms with Crippen molar-refractivity contribution in [3.8, 4) is 22.8 Å². The fraction of sp³-hybridized carbons (Fsp3) is 0.290. The Labute approximate surface area is 249 Å². The zero-order chi connectivity index (χ0) is 32.2. The maximum atomic E-state index is 14.7. The number of aliphatic hydroxyl groups is 1. The highest BCUT2D eigenvalue weighted by Gasteiger charge is 2.57. The Hall–Kier alpha value is -4.78. The minimum atomic E-state index is -5.36. The summed E-state index contributed by atoms with van der Waals surface area (Å²) in [7, 11) is 1.37. The van der Waals surface area contributed by atoms with Gasteiger partial charge in [0.2, 0.25) is 11.5 Å². The van der Waals surface area contributed by atoms with Crippen molar-refractivity contribution in [3.05, 3.63) is 82.4 Å². The van der Waals surface area contributed by atoms with Crippen molar-refractivity contribution in [2.45, 2.75) is 38.0 Å². The predicted octanol–water partition coefficient (Wildman–Crippen LogP) is 4.38. The van der Waals surface area contributed by atoms with Crippen LogP contribution >= 0.6 is 0 Å². The van der Waals surface area contributed by atoms with Gasteiger partial charge in [0.1, 0.15) is 40.5 Å². The second kappa shape index (κ2) is 10.7. The maximum absolute atomic E-state index is 14.7. The summed E-state index contributed by atoms with van der Waals surface area (Å²) >= 11 is 0. The number of amides is 2. The summed E-state index contributed by atoms with van der Waals surface area (Å²) in [6.07, 6.45) is -5.36. The van der Waals surface area contributed by atoms with Crippen LogP contribution in [0.2, 0.25) is 0 Å². The van der Waals surface area contributed by atoms with E-state index < -0.39 is 47.1 Å². The molecule has 44 heavy (non-hydrogen) atoms. The first-order chi connectivity index (χ1) is 20.6. The third kappa shape index (κ3) is 5.06. The number of aromatic nitrogens is 2. The number of ether oxygens (including phenoxy) is 2. The molecule has 9 nitrogen and oxygen atoms in total. The molecule has 0 aliphatic carbocycles. The highest BCUT2D eigenvalue weighted by atomic mass is 19.4. The van der Waals surface area contributed by atoms with Crippen LogP contribution in [0.15, 0.2) is 48.5 Å². The number of halogens is 4. The Kier molecular flexibility index (Phi) is 7.48. The molecule has 1 aliphatic heterocycles. The van der Waals surface area contributed by atoms with E-state index in [4.69, 9.17) is 15.2 Å². The van der Waals surface area contributed by atoms with Crippen LogP contribution in [-0.2, 0) is 15.8 Å². The lowest BCUT2D eigenvalue weighted by Gasteiger charge is -2.31. The van der Waals surface area contributed by atoms with Gasteiger partial charge in [-0.3, -0.25) is 9.59 Å². The third-order valence-electron chi connectivity index (χ3n) is 7.94. The van der Waals surface area contributed by atoms with E-state index in [9.17, 15) is 32.3 Å². The Morgan fingerprint density at radius 1 is 1.11 bits per heavy atom. The number of nitrogens with one attached hydrogen (secondary N) is 1. The molecule has 3 heterocycles. The number of nitrogens with two attached hydrogens (primary N) is 1. The fourth-order valence-electron chi connectivity index (χ4n) is 4.99. The molecule has 1 aliphatic rings. The maximum Gasteiger partial charge on any atom is 0.424 e. The summed E-state index contributed by atoms with van der Waals surface area (Å²) in [5.41, 5.74) is 1.32. The van der Waals surface area contributed by atoms with Gasteiger partial charge in [-0.15, -0.1) is 0 Å². The van der Waals surface area contributed by atoms with Gasteiger partial charge in [0.15, 0.2) is 0 Å². The van der Waals surface area contributed by atoms with Gasteiger partial charge >= 0.3 is 6.18 Å². The van der Waals surface area contributed by atoms with E-state index in [2.05, 4.69) is 15.3 Å². The van der Waals surface area contributed by atoms with E-state index in [1.165, 1.54) is 38.3 Å². The molecule has 230 valence electrons. The number of carbonyl (C=O) groups excluding carboxylic acids is 2. The zero-order valence-corrected chi connectivity index (χ0v) is 24.1. The molecule has 2 aromatic carbocycles. The number of alkyl halides is 3. The second-order valence-electron chi connectivity index (χ2n) is 10.9. The topological polar surface area (TPSA) is 137 Å². The molecule has 0 spiro atoms. The summed E-state index contributed by atoms with van der Waals surface area (Å²) in [5, 5.41) is 13.9. The lowest BCUT2D eigenvalue weighted by Crippen LogP contribution is -2.51. The quantitative estimate of drug-likeness (QED) is 0.264. The molecule has 2 amide bonds. The molecule has 13 heteroatoms. The van der Waals surface area contributed by atoms with Gasteiger partial charge in [-0.1, -0.05) is 0 Å². The second-order valence-corrected chi connectivity index (χ2v) is 10.9. The summed E-state index contributed by atoms with van der Waals surface area (Å²) in [4.78, 5) is 34.2. The number of aryl methyl sites for hydroxylation is 2. The first-order valence-corrected chi connectivity index (χ1v) is 13.4. The average Bonchev–Trinajstić information content (AvgIpc) is 3.33. The smallest absolute Gasteiger partial charge is 0.424 e. The van der Waals surface area contributed by atoms with E-state index in [0.717, 1.165) is 29.5 Å².